The highest BCUT2D eigenvalue weighted by atomic mass is 32.1. The van der Waals surface area contributed by atoms with Gasteiger partial charge in [0, 0.05) is 7.05 Å². The van der Waals surface area contributed by atoms with E-state index in [0.29, 0.717) is 0 Å². The average Bonchev–Trinajstić information content (AvgIpc) is 2.60. The summed E-state index contributed by atoms with van der Waals surface area (Å²) in [6, 6.07) is 0. The summed E-state index contributed by atoms with van der Waals surface area (Å²) >= 11 is 4.80. The third kappa shape index (κ3) is 2.83. The second-order valence-corrected chi connectivity index (χ2v) is 4.06. The number of rotatable bonds is 4. The van der Waals surface area contributed by atoms with Gasteiger partial charge in [-0.2, -0.15) is 5.43 Å². The van der Waals surface area contributed by atoms with Crippen LogP contribution in [0.15, 0.2) is 0 Å². The Bertz CT molecular complexity index is 282. The highest BCUT2D eigenvalue weighted by Gasteiger charge is 2.54. The third-order valence-corrected chi connectivity index (χ3v) is 2.88. The quantitative estimate of drug-likeness (QED) is 0.204. The van der Waals surface area contributed by atoms with Crippen molar-refractivity contribution in [2.75, 3.05) is 20.3 Å². The molecule has 0 bridgehead atoms. The van der Waals surface area contributed by atoms with E-state index in [-0.39, 0.29) is 5.11 Å². The van der Waals surface area contributed by atoms with Crippen LogP contribution in [0.25, 0.3) is 0 Å². The van der Waals surface area contributed by atoms with Crippen molar-refractivity contribution < 1.29 is 25.2 Å². The highest BCUT2D eigenvalue weighted by Crippen LogP contribution is 2.28. The van der Waals surface area contributed by atoms with E-state index in [2.05, 4.69) is 16.2 Å². The molecule has 0 aromatic rings. The summed E-state index contributed by atoms with van der Waals surface area (Å²) in [4.78, 5) is 0. The molecule has 0 aromatic carbocycles. The molecule has 1 aliphatic heterocycles. The van der Waals surface area contributed by atoms with Crippen molar-refractivity contribution in [2.24, 2.45) is 0 Å². The molecule has 1 aliphatic rings. The van der Waals surface area contributed by atoms with Crippen LogP contribution < -0.4 is 16.2 Å². The summed E-state index contributed by atoms with van der Waals surface area (Å²) in [6.07, 6.45) is -3.68. The lowest BCUT2D eigenvalue weighted by Crippen LogP contribution is -2.63. The van der Waals surface area contributed by atoms with Crippen molar-refractivity contribution in [2.45, 2.75) is 24.0 Å². The summed E-state index contributed by atoms with van der Waals surface area (Å²) in [5.74, 6) is 0. The average molecular weight is 267 g/mol. The lowest BCUT2D eigenvalue weighted by molar-refractivity contribution is -0.142. The molecule has 1 rings (SSSR count). The van der Waals surface area contributed by atoms with Gasteiger partial charge in [0.2, 0.25) is 0 Å². The first-order valence-corrected chi connectivity index (χ1v) is 5.42. The number of aliphatic hydroxyl groups is 4. The molecule has 1 saturated heterocycles. The van der Waals surface area contributed by atoms with Crippen molar-refractivity contribution in [3.05, 3.63) is 0 Å². The van der Waals surface area contributed by atoms with E-state index in [1.54, 1.807) is 7.05 Å². The first-order valence-electron chi connectivity index (χ1n) is 5.01. The fourth-order valence-corrected chi connectivity index (χ4v) is 1.58. The molecule has 1 fully saturated rings. The zero-order valence-corrected chi connectivity index (χ0v) is 10.1. The normalized spacial score (nSPS) is 36.9. The Morgan fingerprint density at radius 3 is 2.47 bits per heavy atom. The molecule has 9 heteroatoms. The molecule has 17 heavy (non-hydrogen) atoms. The van der Waals surface area contributed by atoms with Crippen molar-refractivity contribution >= 4 is 17.3 Å². The lowest BCUT2D eigenvalue weighted by Gasteiger charge is -2.31. The molecule has 0 saturated carbocycles. The van der Waals surface area contributed by atoms with E-state index in [1.165, 1.54) is 0 Å². The number of hydrogen-bond acceptors (Lipinski definition) is 7. The van der Waals surface area contributed by atoms with E-state index in [4.69, 9.17) is 22.1 Å². The van der Waals surface area contributed by atoms with Crippen LogP contribution >= 0.6 is 12.2 Å². The number of nitrogens with one attached hydrogen (secondary N) is 3. The number of thiocarbonyl (C=S) groups is 1. The Kier molecular flexibility index (Phi) is 5.01. The Morgan fingerprint density at radius 1 is 1.41 bits per heavy atom. The Labute approximate surface area is 104 Å². The van der Waals surface area contributed by atoms with Gasteiger partial charge in [-0.25, -0.2) is 0 Å². The summed E-state index contributed by atoms with van der Waals surface area (Å²) in [5, 5.41) is 40.4. The SMILES string of the molecule is CNC(=S)NN[C@@]1(CO)O[C@@H](CO)[C@@H](O)[C@H]1O. The Hall–Kier alpha value is -0.550. The molecule has 1 heterocycles. The molecule has 0 radical (unpaired) electrons. The van der Waals surface area contributed by atoms with Crippen LogP contribution in [0.3, 0.4) is 0 Å². The van der Waals surface area contributed by atoms with Crippen molar-refractivity contribution in [1.82, 2.24) is 16.2 Å². The van der Waals surface area contributed by atoms with Crippen molar-refractivity contribution in [3.63, 3.8) is 0 Å². The predicted octanol–water partition coefficient (Wildman–Crippen LogP) is -3.61. The van der Waals surface area contributed by atoms with Gasteiger partial charge in [-0.3, -0.25) is 5.43 Å². The largest absolute Gasteiger partial charge is 0.394 e. The molecule has 4 atom stereocenters. The maximum absolute atomic E-state index is 9.78. The molecule has 0 amide bonds. The first-order chi connectivity index (χ1) is 8.00. The van der Waals surface area contributed by atoms with E-state index in [9.17, 15) is 15.3 Å². The van der Waals surface area contributed by atoms with Crippen LogP contribution in [0.5, 0.6) is 0 Å². The topological polar surface area (TPSA) is 126 Å². The Balaban J connectivity index is 2.71. The minimum Gasteiger partial charge on any atom is -0.394 e. The van der Waals surface area contributed by atoms with E-state index in [1.807, 2.05) is 0 Å². The van der Waals surface area contributed by atoms with Gasteiger partial charge >= 0.3 is 0 Å². The lowest BCUT2D eigenvalue weighted by atomic mass is 10.0. The summed E-state index contributed by atoms with van der Waals surface area (Å²) < 4.78 is 5.21. The van der Waals surface area contributed by atoms with Crippen molar-refractivity contribution in [1.29, 1.82) is 0 Å². The van der Waals surface area contributed by atoms with Gasteiger partial charge in [0.1, 0.15) is 18.3 Å². The molecule has 0 spiro atoms. The van der Waals surface area contributed by atoms with Crippen molar-refractivity contribution in [3.8, 4) is 0 Å². The van der Waals surface area contributed by atoms with Gasteiger partial charge in [-0.05, 0) is 12.2 Å². The number of hydrazine groups is 1. The minimum absolute atomic E-state index is 0.218. The molecule has 100 valence electrons. The van der Waals surface area contributed by atoms with Gasteiger partial charge in [-0.1, -0.05) is 0 Å². The van der Waals surface area contributed by atoms with E-state index < -0.39 is 37.3 Å². The van der Waals surface area contributed by atoms with Gasteiger partial charge in [-0.15, -0.1) is 0 Å². The second-order valence-electron chi connectivity index (χ2n) is 3.65. The summed E-state index contributed by atoms with van der Waals surface area (Å²) in [7, 11) is 1.58. The summed E-state index contributed by atoms with van der Waals surface area (Å²) in [6.45, 7) is -1.08. The van der Waals surface area contributed by atoms with Gasteiger partial charge in [0.15, 0.2) is 10.8 Å². The summed E-state index contributed by atoms with van der Waals surface area (Å²) in [5.41, 5.74) is 3.37. The smallest absolute Gasteiger partial charge is 0.187 e. The second kappa shape index (κ2) is 5.87. The molecule has 0 aliphatic carbocycles. The molecule has 8 nitrogen and oxygen atoms in total. The minimum atomic E-state index is -1.62. The molecule has 0 aromatic heterocycles. The predicted molar refractivity (Wildman–Crippen MR) is 61.7 cm³/mol. The number of hydrogen-bond donors (Lipinski definition) is 7. The van der Waals surface area contributed by atoms with Crippen LogP contribution in [0.1, 0.15) is 0 Å². The standard InChI is InChI=1S/C8H17N3O5S/c1-9-7(17)10-11-8(3-13)6(15)5(14)4(2-12)16-8/h4-6,11-15H,2-3H2,1H3,(H2,9,10,17)/t4-,5+,6+,8-/m0/s1. The maximum Gasteiger partial charge on any atom is 0.187 e. The van der Waals surface area contributed by atoms with Crippen LogP contribution in [0.4, 0.5) is 0 Å². The molecular weight excluding hydrogens is 250 g/mol. The molecule has 7 N–H and O–H groups in total. The van der Waals surface area contributed by atoms with Crippen LogP contribution in [0, 0.1) is 0 Å². The van der Waals surface area contributed by atoms with Crippen LogP contribution in [0.2, 0.25) is 0 Å². The Morgan fingerprint density at radius 2 is 2.06 bits per heavy atom. The zero-order chi connectivity index (χ0) is 13.1. The number of aliphatic hydroxyl groups excluding tert-OH is 4. The fraction of sp³-hybridized carbons (Fsp3) is 0.875. The van der Waals surface area contributed by atoms with Gasteiger partial charge < -0.3 is 30.5 Å². The van der Waals surface area contributed by atoms with E-state index >= 15 is 0 Å². The monoisotopic (exact) mass is 267 g/mol. The highest BCUT2D eigenvalue weighted by molar-refractivity contribution is 7.80. The fourth-order valence-electron chi connectivity index (χ4n) is 1.53. The third-order valence-electron chi connectivity index (χ3n) is 2.57. The number of ether oxygens (including phenoxy) is 1. The van der Waals surface area contributed by atoms with Gasteiger partial charge in [0.25, 0.3) is 0 Å². The van der Waals surface area contributed by atoms with E-state index in [0.717, 1.165) is 0 Å². The maximum atomic E-state index is 9.78. The van der Waals surface area contributed by atoms with Crippen LogP contribution in [-0.4, -0.2) is 69.8 Å². The van der Waals surface area contributed by atoms with Gasteiger partial charge in [0.05, 0.1) is 13.2 Å². The molecular formula is C8H17N3O5S. The zero-order valence-electron chi connectivity index (χ0n) is 9.25. The molecule has 0 unspecified atom stereocenters. The first kappa shape index (κ1) is 14.5. The van der Waals surface area contributed by atoms with Crippen LogP contribution in [-0.2, 0) is 4.74 Å².